The van der Waals surface area contributed by atoms with Crippen LogP contribution in [0.4, 0.5) is 0 Å². The molecule has 344 valence electrons. The monoisotopic (exact) mass is 942 g/mol. The number of benzene rings is 4. The van der Waals surface area contributed by atoms with Gasteiger partial charge in [-0.1, -0.05) is 152 Å². The molecular formula is C60H66N4OSi3. The summed E-state index contributed by atoms with van der Waals surface area (Å²) in [5.41, 5.74) is 23.8. The summed E-state index contributed by atoms with van der Waals surface area (Å²) >= 11 is 0. The molecule has 0 aliphatic carbocycles. The van der Waals surface area contributed by atoms with Crippen LogP contribution in [0.5, 0.6) is 0 Å². The van der Waals surface area contributed by atoms with Crippen molar-refractivity contribution in [3.8, 4) is 44.5 Å². The van der Waals surface area contributed by atoms with Gasteiger partial charge in [-0.3, -0.25) is 4.79 Å². The third-order valence-electron chi connectivity index (χ3n) is 14.1. The van der Waals surface area contributed by atoms with Crippen LogP contribution in [0, 0.1) is 41.5 Å². The number of H-pyrrole nitrogens is 2. The Bertz CT molecular complexity index is 3420. The molecule has 5 heterocycles. The summed E-state index contributed by atoms with van der Waals surface area (Å²) in [5, 5.41) is 4.42. The van der Waals surface area contributed by atoms with Gasteiger partial charge in [0.1, 0.15) is 0 Å². The van der Waals surface area contributed by atoms with Crippen LogP contribution in [0.1, 0.15) is 66.5 Å². The Labute approximate surface area is 406 Å². The van der Waals surface area contributed by atoms with Crippen molar-refractivity contribution in [2.24, 2.45) is 0 Å². The lowest BCUT2D eigenvalue weighted by molar-refractivity contribution is 0.112. The highest BCUT2D eigenvalue weighted by Crippen LogP contribution is 2.41. The number of fused-ring (bicyclic) bond motifs is 8. The van der Waals surface area contributed by atoms with E-state index in [0.717, 1.165) is 90.1 Å². The van der Waals surface area contributed by atoms with Crippen molar-refractivity contribution in [1.29, 1.82) is 0 Å². The average Bonchev–Trinajstić information content (AvgIpc) is 4.11. The van der Waals surface area contributed by atoms with Gasteiger partial charge in [-0.05, 0) is 129 Å². The van der Waals surface area contributed by atoms with Gasteiger partial charge in [0, 0.05) is 49.9 Å². The number of rotatable bonds is 8. The molecule has 0 fully saturated rings. The molecule has 3 aromatic heterocycles. The second kappa shape index (κ2) is 17.1. The Hall–Kier alpha value is -6.20. The van der Waals surface area contributed by atoms with E-state index in [2.05, 4.69) is 195 Å². The van der Waals surface area contributed by atoms with Crippen LogP contribution in [-0.4, -0.2) is 50.4 Å². The predicted octanol–water partition coefficient (Wildman–Crippen LogP) is 14.6. The molecular weight excluding hydrogens is 877 g/mol. The van der Waals surface area contributed by atoms with E-state index >= 15 is 0 Å². The van der Waals surface area contributed by atoms with Crippen molar-refractivity contribution in [2.45, 2.75) is 100 Å². The van der Waals surface area contributed by atoms with Crippen LogP contribution in [0.15, 0.2) is 84.9 Å². The molecule has 0 spiro atoms. The first-order valence-corrected chi connectivity index (χ1v) is 34.6. The van der Waals surface area contributed by atoms with E-state index in [1.54, 1.807) is 0 Å². The van der Waals surface area contributed by atoms with Crippen molar-refractivity contribution < 1.29 is 4.79 Å². The van der Waals surface area contributed by atoms with Crippen molar-refractivity contribution in [1.82, 2.24) is 19.9 Å². The molecule has 5 nitrogen and oxygen atoms in total. The summed E-state index contributed by atoms with van der Waals surface area (Å²) in [6.07, 6.45) is 9.64. The maximum absolute atomic E-state index is 12.8. The second-order valence-electron chi connectivity index (χ2n) is 22.4. The molecule has 0 saturated carbocycles. The fourth-order valence-corrected chi connectivity index (χ4v) is 16.6. The molecule has 0 radical (unpaired) electrons. The molecule has 0 unspecified atom stereocenters. The van der Waals surface area contributed by atoms with Gasteiger partial charge in [-0.25, -0.2) is 9.97 Å². The Kier molecular flexibility index (Phi) is 11.8. The maximum Gasteiger partial charge on any atom is 0.150 e. The van der Waals surface area contributed by atoms with E-state index in [1.165, 1.54) is 54.5 Å². The van der Waals surface area contributed by atoms with Crippen LogP contribution in [0.25, 0.3) is 90.9 Å². The SMILES string of the molecule is Cc1cc([Si](C)(C)C)c(C)cc1-c1c2nc(c(-c3cc(C)c([Si](C)(C)C)cc3C)c3ccc([nH]3)c(-c3ccccc3C=O)c3nc(c(-c4cc(C)c([Si](C)(C)C)cc4C)c4ccc1[nH]4)C=C3)C=C2. The molecule has 9 rings (SSSR count). The van der Waals surface area contributed by atoms with Crippen molar-refractivity contribution in [2.75, 3.05) is 0 Å². The van der Waals surface area contributed by atoms with Crippen LogP contribution < -0.4 is 15.6 Å². The van der Waals surface area contributed by atoms with E-state index in [0.29, 0.717) is 5.56 Å². The third-order valence-corrected chi connectivity index (χ3v) is 20.5. The Morgan fingerprint density at radius 2 is 0.676 bits per heavy atom. The number of hydrogen-bond acceptors (Lipinski definition) is 3. The zero-order chi connectivity index (χ0) is 48.8. The molecule has 8 bridgehead atoms. The van der Waals surface area contributed by atoms with Crippen LogP contribution >= 0.6 is 0 Å². The van der Waals surface area contributed by atoms with Gasteiger partial charge < -0.3 is 9.97 Å². The first kappa shape index (κ1) is 46.9. The molecule has 2 aliphatic heterocycles. The number of carbonyl (C=O) groups excluding carboxylic acids is 1. The van der Waals surface area contributed by atoms with Gasteiger partial charge in [-0.2, -0.15) is 0 Å². The lowest BCUT2D eigenvalue weighted by Crippen LogP contribution is -2.39. The number of carbonyl (C=O) groups is 1. The minimum Gasteiger partial charge on any atom is -0.354 e. The van der Waals surface area contributed by atoms with Gasteiger partial charge in [-0.15, -0.1) is 0 Å². The number of hydrogen-bond donors (Lipinski definition) is 2. The molecule has 0 amide bonds. The normalized spacial score (nSPS) is 12.9. The number of aromatic amines is 2. The highest BCUT2D eigenvalue weighted by Gasteiger charge is 2.27. The molecule has 8 heteroatoms. The van der Waals surface area contributed by atoms with E-state index in [1.807, 2.05) is 24.3 Å². The number of nitrogens with one attached hydrogen (secondary N) is 2. The van der Waals surface area contributed by atoms with E-state index in [-0.39, 0.29) is 0 Å². The van der Waals surface area contributed by atoms with Crippen molar-refractivity contribution in [3.05, 3.63) is 147 Å². The smallest absolute Gasteiger partial charge is 0.150 e. The number of aldehydes is 1. The molecule has 68 heavy (non-hydrogen) atoms. The largest absolute Gasteiger partial charge is 0.354 e. The lowest BCUT2D eigenvalue weighted by atomic mass is 9.96. The molecule has 0 atom stereocenters. The van der Waals surface area contributed by atoms with Crippen LogP contribution in [-0.2, 0) is 0 Å². The van der Waals surface area contributed by atoms with Gasteiger partial charge in [0.15, 0.2) is 6.29 Å². The summed E-state index contributed by atoms with van der Waals surface area (Å²) in [6.45, 7) is 35.4. The Morgan fingerprint density at radius 1 is 0.382 bits per heavy atom. The summed E-state index contributed by atoms with van der Waals surface area (Å²) < 4.78 is 0. The zero-order valence-electron chi connectivity index (χ0n) is 42.8. The first-order chi connectivity index (χ1) is 32.0. The highest BCUT2D eigenvalue weighted by atomic mass is 28.3. The van der Waals surface area contributed by atoms with Gasteiger partial charge in [0.2, 0.25) is 0 Å². The van der Waals surface area contributed by atoms with Crippen molar-refractivity contribution >= 4 is 92.4 Å². The number of aryl methyl sites for hydroxylation is 6. The minimum atomic E-state index is -1.64. The van der Waals surface area contributed by atoms with Gasteiger partial charge in [0.05, 0.1) is 47.0 Å². The standard InChI is InChI=1S/C60H66N4OSi3/c1-35-31-54(66(7,8)9)38(4)28-43(35)58-48-22-20-46(61-48)57(42-19-17-16-18-41(42)34-65)47-21-23-49(62-47)59(44-29-39(5)55(32-36(44)2)67(10,11)12)51-25-27-53(64-51)60(52-26-24-50(58)63-52)45-30-40(6)56(33-37(45)3)68(13,14)15/h16-34,61,64H,1-15H3. The topological polar surface area (TPSA) is 74.4 Å². The molecule has 4 aromatic carbocycles. The number of nitrogens with zero attached hydrogens (tertiary/aromatic N) is 2. The molecule has 7 aromatic rings. The summed E-state index contributed by atoms with van der Waals surface area (Å²) in [7, 11) is -4.91. The van der Waals surface area contributed by atoms with Gasteiger partial charge in [0.25, 0.3) is 0 Å². The van der Waals surface area contributed by atoms with E-state index in [4.69, 9.17) is 9.97 Å². The second-order valence-corrected chi connectivity index (χ2v) is 37.5. The van der Waals surface area contributed by atoms with Gasteiger partial charge >= 0.3 is 0 Å². The van der Waals surface area contributed by atoms with E-state index < -0.39 is 24.2 Å². The van der Waals surface area contributed by atoms with Crippen LogP contribution in [0.3, 0.4) is 0 Å². The molecule has 2 N–H and O–H groups in total. The van der Waals surface area contributed by atoms with Crippen molar-refractivity contribution in [3.63, 3.8) is 0 Å². The summed E-state index contributed by atoms with van der Waals surface area (Å²) in [6, 6.07) is 31.1. The highest BCUT2D eigenvalue weighted by molar-refractivity contribution is 6.90. The number of aromatic nitrogens is 4. The fraction of sp³-hybridized carbons (Fsp3) is 0.250. The molecule has 2 aliphatic rings. The average molecular weight is 943 g/mol. The summed E-state index contributed by atoms with van der Waals surface area (Å²) in [5.74, 6) is 0. The van der Waals surface area contributed by atoms with E-state index in [9.17, 15) is 4.79 Å². The fourth-order valence-electron chi connectivity index (χ4n) is 10.8. The predicted molar refractivity (Wildman–Crippen MR) is 303 cm³/mol. The maximum atomic E-state index is 12.8. The lowest BCUT2D eigenvalue weighted by Gasteiger charge is -2.22. The first-order valence-electron chi connectivity index (χ1n) is 24.1. The quantitative estimate of drug-likeness (QED) is 0.118. The molecule has 0 saturated heterocycles. The zero-order valence-corrected chi connectivity index (χ0v) is 45.8. The Balaban J connectivity index is 1.50. The minimum absolute atomic E-state index is 0.607. The Morgan fingerprint density at radius 3 is 0.971 bits per heavy atom. The summed E-state index contributed by atoms with van der Waals surface area (Å²) in [4.78, 5) is 32.1. The third kappa shape index (κ3) is 8.41. The van der Waals surface area contributed by atoms with Crippen LogP contribution in [0.2, 0.25) is 58.9 Å².